The molecule has 7 nitrogen and oxygen atoms in total. The first-order chi connectivity index (χ1) is 19.2. The number of nitrogens with zero attached hydrogens (tertiary/aromatic N) is 1. The summed E-state index contributed by atoms with van der Waals surface area (Å²) in [4.78, 5) is 26.1. The number of imide groups is 1. The molecule has 8 heteroatoms. The van der Waals surface area contributed by atoms with Crippen LogP contribution in [0.15, 0.2) is 86.0 Å². The fraction of sp³-hybridized carbons (Fsp3) is 0.250. The number of carbonyl (C=O) groups excluding carboxylic acids is 2. The Morgan fingerprint density at radius 3 is 2.00 bits per heavy atom. The molecule has 1 aliphatic heterocycles. The third-order valence-corrected chi connectivity index (χ3v) is 8.47. The van der Waals surface area contributed by atoms with E-state index in [1.165, 1.54) is 4.90 Å². The Balaban J connectivity index is 1.35. The average molecular weight is 560 g/mol. The fourth-order valence-corrected chi connectivity index (χ4v) is 5.90. The van der Waals surface area contributed by atoms with Crippen LogP contribution in [0.25, 0.3) is 11.1 Å². The van der Waals surface area contributed by atoms with E-state index in [-0.39, 0.29) is 42.2 Å². The second-order valence-corrected chi connectivity index (χ2v) is 12.0. The maximum Gasteiger partial charge on any atom is 0.261 e. The number of amides is 2. The minimum Gasteiger partial charge on any atom is -0.507 e. The van der Waals surface area contributed by atoms with E-state index in [1.54, 1.807) is 48.6 Å². The van der Waals surface area contributed by atoms with Crippen LogP contribution in [-0.4, -0.2) is 54.9 Å². The van der Waals surface area contributed by atoms with Gasteiger partial charge in [0.15, 0.2) is 9.84 Å². The van der Waals surface area contributed by atoms with Gasteiger partial charge in [-0.1, -0.05) is 36.4 Å². The molecule has 2 amide bonds. The number of ether oxygens (including phenoxy) is 1. The van der Waals surface area contributed by atoms with Crippen molar-refractivity contribution in [2.24, 2.45) is 0 Å². The van der Waals surface area contributed by atoms with Gasteiger partial charge in [0, 0.05) is 17.7 Å². The highest BCUT2D eigenvalue weighted by atomic mass is 32.2. The number of unbranched alkanes of at least 4 members (excludes halogenated alkanes) is 1. The van der Waals surface area contributed by atoms with Crippen LogP contribution >= 0.6 is 0 Å². The van der Waals surface area contributed by atoms with Crippen LogP contribution in [0.1, 0.15) is 44.7 Å². The van der Waals surface area contributed by atoms with Crippen LogP contribution in [0.5, 0.6) is 11.5 Å². The van der Waals surface area contributed by atoms with Gasteiger partial charge in [0.1, 0.15) is 18.1 Å². The number of hydrogen-bond donors (Lipinski definition) is 1. The van der Waals surface area contributed by atoms with E-state index in [4.69, 9.17) is 4.74 Å². The molecule has 0 saturated carbocycles. The van der Waals surface area contributed by atoms with Crippen molar-refractivity contribution in [3.05, 3.63) is 108 Å². The Hall–Kier alpha value is -4.17. The van der Waals surface area contributed by atoms with Gasteiger partial charge in [-0.3, -0.25) is 14.5 Å². The molecule has 1 aliphatic rings. The Morgan fingerprint density at radius 1 is 0.775 bits per heavy atom. The standard InChI is InChI=1S/C32H33NO6S/c1-3-9-23-13-15-29(34)27(21-23)28-22-24(10-4-2)14-16-30(28)39-18-20-40(37,38)19-8-7-17-33-31(35)25-11-5-6-12-26(25)32(33)36/h3-6,11-16,21-22,34H,1-2,7-10,17-20H2. The molecule has 0 aromatic heterocycles. The van der Waals surface area contributed by atoms with E-state index < -0.39 is 9.84 Å². The van der Waals surface area contributed by atoms with Crippen molar-refractivity contribution >= 4 is 21.7 Å². The lowest BCUT2D eigenvalue weighted by Crippen LogP contribution is -2.31. The lowest BCUT2D eigenvalue weighted by molar-refractivity contribution is 0.0652. The number of phenols is 1. The van der Waals surface area contributed by atoms with Gasteiger partial charge in [-0.05, 0) is 73.2 Å². The molecule has 3 aromatic carbocycles. The molecule has 0 unspecified atom stereocenters. The largest absolute Gasteiger partial charge is 0.507 e. The van der Waals surface area contributed by atoms with E-state index in [9.17, 15) is 23.1 Å². The SMILES string of the molecule is C=CCc1ccc(O)c(-c2cc(CC=C)ccc2OCCS(=O)(=O)CCCCN2C(=O)c3ccccc3C2=O)c1. The summed E-state index contributed by atoms with van der Waals surface area (Å²) in [6.07, 6.45) is 5.56. The van der Waals surface area contributed by atoms with Gasteiger partial charge in [0.25, 0.3) is 11.8 Å². The zero-order chi connectivity index (χ0) is 28.7. The minimum absolute atomic E-state index is 0.0539. The van der Waals surface area contributed by atoms with Crippen molar-refractivity contribution in [1.29, 1.82) is 0 Å². The van der Waals surface area contributed by atoms with Crippen LogP contribution < -0.4 is 4.74 Å². The summed E-state index contributed by atoms with van der Waals surface area (Å²) in [5.41, 5.74) is 3.99. The summed E-state index contributed by atoms with van der Waals surface area (Å²) in [5, 5.41) is 10.6. The summed E-state index contributed by atoms with van der Waals surface area (Å²) >= 11 is 0. The summed E-state index contributed by atoms with van der Waals surface area (Å²) < 4.78 is 31.3. The van der Waals surface area contributed by atoms with Gasteiger partial charge >= 0.3 is 0 Å². The molecule has 0 saturated heterocycles. The summed E-state index contributed by atoms with van der Waals surface area (Å²) in [6, 6.07) is 17.6. The number of rotatable bonds is 14. The van der Waals surface area contributed by atoms with E-state index in [2.05, 4.69) is 13.2 Å². The lowest BCUT2D eigenvalue weighted by Gasteiger charge is -2.16. The molecular weight excluding hydrogens is 526 g/mol. The van der Waals surface area contributed by atoms with Gasteiger partial charge in [0.05, 0.1) is 22.6 Å². The molecule has 0 aliphatic carbocycles. The molecule has 1 heterocycles. The maximum atomic E-state index is 12.7. The van der Waals surface area contributed by atoms with Gasteiger partial charge < -0.3 is 9.84 Å². The van der Waals surface area contributed by atoms with Crippen LogP contribution in [-0.2, 0) is 22.7 Å². The monoisotopic (exact) mass is 559 g/mol. The zero-order valence-electron chi connectivity index (χ0n) is 22.3. The number of benzene rings is 3. The molecule has 1 N–H and O–H groups in total. The number of hydrogen-bond acceptors (Lipinski definition) is 6. The molecule has 208 valence electrons. The Kier molecular flexibility index (Phi) is 9.22. The topological polar surface area (TPSA) is 101 Å². The molecule has 40 heavy (non-hydrogen) atoms. The Bertz CT molecular complexity index is 1510. The molecular formula is C32H33NO6S. The lowest BCUT2D eigenvalue weighted by atomic mass is 9.97. The highest BCUT2D eigenvalue weighted by molar-refractivity contribution is 7.91. The van der Waals surface area contributed by atoms with Crippen molar-refractivity contribution in [2.75, 3.05) is 24.7 Å². The Labute approximate surface area is 235 Å². The quantitative estimate of drug-likeness (QED) is 0.162. The molecule has 0 fully saturated rings. The van der Waals surface area contributed by atoms with Crippen LogP contribution in [0.3, 0.4) is 0 Å². The number of allylic oxidation sites excluding steroid dienone is 2. The number of phenolic OH excluding ortho intramolecular Hbond substituents is 1. The first kappa shape index (κ1) is 28.8. The van der Waals surface area contributed by atoms with Crippen molar-refractivity contribution in [2.45, 2.75) is 25.7 Å². The third-order valence-electron chi connectivity index (χ3n) is 6.77. The van der Waals surface area contributed by atoms with Crippen molar-refractivity contribution in [3.63, 3.8) is 0 Å². The van der Waals surface area contributed by atoms with Crippen molar-refractivity contribution in [1.82, 2.24) is 4.90 Å². The number of fused-ring (bicyclic) bond motifs is 1. The van der Waals surface area contributed by atoms with Gasteiger partial charge in [-0.25, -0.2) is 8.42 Å². The second kappa shape index (κ2) is 12.8. The van der Waals surface area contributed by atoms with Crippen LogP contribution in [0, 0.1) is 0 Å². The molecule has 0 bridgehead atoms. The van der Waals surface area contributed by atoms with E-state index in [0.29, 0.717) is 53.7 Å². The molecule has 3 aromatic rings. The highest BCUT2D eigenvalue weighted by Crippen LogP contribution is 2.37. The van der Waals surface area contributed by atoms with Crippen LogP contribution in [0.4, 0.5) is 0 Å². The van der Waals surface area contributed by atoms with Gasteiger partial charge in [-0.2, -0.15) is 0 Å². The van der Waals surface area contributed by atoms with Crippen molar-refractivity contribution < 1.29 is 27.9 Å². The normalized spacial score (nSPS) is 12.8. The van der Waals surface area contributed by atoms with Gasteiger partial charge in [0.2, 0.25) is 0 Å². The van der Waals surface area contributed by atoms with Crippen molar-refractivity contribution in [3.8, 4) is 22.6 Å². The molecule has 4 rings (SSSR count). The van der Waals surface area contributed by atoms with E-state index in [1.807, 2.05) is 24.3 Å². The zero-order valence-corrected chi connectivity index (χ0v) is 23.2. The number of carbonyl (C=O) groups is 2. The minimum atomic E-state index is -3.43. The highest BCUT2D eigenvalue weighted by Gasteiger charge is 2.34. The van der Waals surface area contributed by atoms with Gasteiger partial charge in [-0.15, -0.1) is 13.2 Å². The first-order valence-electron chi connectivity index (χ1n) is 13.2. The summed E-state index contributed by atoms with van der Waals surface area (Å²) in [5.74, 6) is -0.370. The second-order valence-electron chi connectivity index (χ2n) is 9.68. The maximum absolute atomic E-state index is 12.7. The third kappa shape index (κ3) is 6.69. The molecule has 0 radical (unpaired) electrons. The van der Waals surface area contributed by atoms with E-state index >= 15 is 0 Å². The molecule has 0 atom stereocenters. The number of aromatic hydroxyl groups is 1. The predicted molar refractivity (Wildman–Crippen MR) is 157 cm³/mol. The Morgan fingerprint density at radius 2 is 1.38 bits per heavy atom. The fourth-order valence-electron chi connectivity index (χ4n) is 4.71. The predicted octanol–water partition coefficient (Wildman–Crippen LogP) is 5.39. The van der Waals surface area contributed by atoms with Crippen LogP contribution in [0.2, 0.25) is 0 Å². The first-order valence-corrected chi connectivity index (χ1v) is 15.0. The number of sulfone groups is 1. The average Bonchev–Trinajstić information content (AvgIpc) is 3.18. The summed E-state index contributed by atoms with van der Waals surface area (Å²) in [7, 11) is -3.43. The molecule has 0 spiro atoms. The van der Waals surface area contributed by atoms with E-state index in [0.717, 1.165) is 11.1 Å². The smallest absolute Gasteiger partial charge is 0.261 e. The summed E-state index contributed by atoms with van der Waals surface area (Å²) in [6.45, 7) is 7.68.